The molecule has 1 atom stereocenters. The monoisotopic (exact) mass is 253 g/mol. The maximum Gasteiger partial charge on any atom is 0.254 e. The Morgan fingerprint density at radius 2 is 2.50 bits per heavy atom. The Labute approximate surface area is 106 Å². The summed E-state index contributed by atoms with van der Waals surface area (Å²) in [5.74, 6) is 0.198. The molecule has 18 heavy (non-hydrogen) atoms. The highest BCUT2D eigenvalue weighted by atomic mass is 16.5. The molecule has 4 N–H and O–H groups in total. The van der Waals surface area contributed by atoms with Gasteiger partial charge < -0.3 is 21.1 Å². The Hall–Kier alpha value is -1.60. The van der Waals surface area contributed by atoms with Crippen LogP contribution in [0.3, 0.4) is 0 Å². The molecule has 0 aromatic carbocycles. The van der Waals surface area contributed by atoms with Crippen molar-refractivity contribution in [2.45, 2.75) is 13.0 Å². The summed E-state index contributed by atoms with van der Waals surface area (Å²) in [7, 11) is 1.78. The van der Waals surface area contributed by atoms with Crippen molar-refractivity contribution in [2.75, 3.05) is 31.6 Å². The van der Waals surface area contributed by atoms with Crippen molar-refractivity contribution >= 4 is 11.7 Å². The molecule has 1 aliphatic heterocycles. The summed E-state index contributed by atoms with van der Waals surface area (Å²) in [6, 6.07) is 0.231. The van der Waals surface area contributed by atoms with Gasteiger partial charge in [0.15, 0.2) is 0 Å². The Morgan fingerprint density at radius 1 is 1.72 bits per heavy atom. The summed E-state index contributed by atoms with van der Waals surface area (Å²) in [5, 5.41) is 10.7. The third-order valence-corrected chi connectivity index (χ3v) is 2.98. The van der Waals surface area contributed by atoms with Gasteiger partial charge in [-0.15, -0.1) is 0 Å². The van der Waals surface area contributed by atoms with Crippen molar-refractivity contribution in [2.24, 2.45) is 12.8 Å². The third-order valence-electron chi connectivity index (χ3n) is 2.98. The number of hydrogen-bond donors (Lipinski definition) is 3. The van der Waals surface area contributed by atoms with Gasteiger partial charge in [0, 0.05) is 26.2 Å². The second kappa shape index (κ2) is 5.36. The number of primary amides is 1. The molecule has 0 bridgehead atoms. The van der Waals surface area contributed by atoms with Gasteiger partial charge >= 0.3 is 0 Å². The van der Waals surface area contributed by atoms with Crippen LogP contribution in [-0.2, 0) is 11.8 Å². The van der Waals surface area contributed by atoms with Crippen LogP contribution in [0.25, 0.3) is 0 Å². The maximum atomic E-state index is 11.4. The van der Waals surface area contributed by atoms with Gasteiger partial charge in [0.2, 0.25) is 0 Å². The molecule has 7 heteroatoms. The Bertz CT molecular complexity index is 437. The zero-order valence-corrected chi connectivity index (χ0v) is 10.7. The van der Waals surface area contributed by atoms with E-state index in [9.17, 15) is 4.79 Å². The molecular weight excluding hydrogens is 234 g/mol. The van der Waals surface area contributed by atoms with Crippen molar-refractivity contribution in [1.29, 1.82) is 0 Å². The van der Waals surface area contributed by atoms with Gasteiger partial charge in [0.25, 0.3) is 5.91 Å². The number of anilines is 1. The molecule has 0 spiro atoms. The number of hydrogen-bond acceptors (Lipinski definition) is 5. The molecule has 2 heterocycles. The van der Waals surface area contributed by atoms with E-state index in [1.807, 2.05) is 0 Å². The number of nitrogens with zero attached hydrogens (tertiary/aromatic N) is 2. The van der Waals surface area contributed by atoms with Crippen molar-refractivity contribution in [1.82, 2.24) is 15.1 Å². The maximum absolute atomic E-state index is 11.4. The average Bonchev–Trinajstić information content (AvgIpc) is 2.62. The van der Waals surface area contributed by atoms with Crippen LogP contribution in [0, 0.1) is 6.92 Å². The number of carbonyl (C=O) groups is 1. The van der Waals surface area contributed by atoms with E-state index in [-0.39, 0.29) is 6.04 Å². The predicted octanol–water partition coefficient (Wildman–Crippen LogP) is -0.772. The van der Waals surface area contributed by atoms with E-state index >= 15 is 0 Å². The zero-order chi connectivity index (χ0) is 13.1. The van der Waals surface area contributed by atoms with Crippen molar-refractivity contribution in [3.8, 4) is 0 Å². The average molecular weight is 253 g/mol. The Kier molecular flexibility index (Phi) is 3.83. The number of nitrogens with one attached hydrogen (secondary N) is 2. The van der Waals surface area contributed by atoms with E-state index in [2.05, 4.69) is 15.7 Å². The van der Waals surface area contributed by atoms with Crippen LogP contribution < -0.4 is 16.4 Å². The molecule has 7 nitrogen and oxygen atoms in total. The molecule has 1 aromatic rings. The standard InChI is InChI=1S/C11H19N5O2/c1-7-9(10(12)17)11(16(2)15-7)14-5-8-6-18-4-3-13-8/h8,13-14H,3-6H2,1-2H3,(H2,12,17). The van der Waals surface area contributed by atoms with E-state index in [0.717, 1.165) is 13.2 Å². The van der Waals surface area contributed by atoms with E-state index in [0.29, 0.717) is 30.2 Å². The molecule has 1 amide bonds. The van der Waals surface area contributed by atoms with Crippen LogP contribution in [0.4, 0.5) is 5.82 Å². The number of amides is 1. The minimum Gasteiger partial charge on any atom is -0.378 e. The van der Waals surface area contributed by atoms with Crippen LogP contribution >= 0.6 is 0 Å². The quantitative estimate of drug-likeness (QED) is 0.655. The smallest absolute Gasteiger partial charge is 0.254 e. The number of rotatable bonds is 4. The second-order valence-corrected chi connectivity index (χ2v) is 4.40. The highest BCUT2D eigenvalue weighted by Gasteiger charge is 2.19. The molecule has 0 saturated carbocycles. The van der Waals surface area contributed by atoms with Crippen molar-refractivity contribution in [3.05, 3.63) is 11.3 Å². The van der Waals surface area contributed by atoms with Gasteiger partial charge in [-0.1, -0.05) is 0 Å². The van der Waals surface area contributed by atoms with Gasteiger partial charge in [-0.2, -0.15) is 5.10 Å². The van der Waals surface area contributed by atoms with Crippen LogP contribution in [0.1, 0.15) is 16.1 Å². The zero-order valence-electron chi connectivity index (χ0n) is 10.7. The van der Waals surface area contributed by atoms with E-state index in [1.54, 1.807) is 18.7 Å². The van der Waals surface area contributed by atoms with Crippen molar-refractivity contribution in [3.63, 3.8) is 0 Å². The first-order valence-electron chi connectivity index (χ1n) is 5.98. The lowest BCUT2D eigenvalue weighted by atomic mass is 10.2. The molecule has 1 aliphatic rings. The van der Waals surface area contributed by atoms with Gasteiger partial charge in [-0.3, -0.25) is 9.48 Å². The Balaban J connectivity index is 2.06. The summed E-state index contributed by atoms with van der Waals surface area (Å²) in [5.41, 5.74) is 6.46. The summed E-state index contributed by atoms with van der Waals surface area (Å²) in [6.45, 7) is 4.69. The first kappa shape index (κ1) is 12.8. The SMILES string of the molecule is Cc1nn(C)c(NCC2COCCN2)c1C(N)=O. The van der Waals surface area contributed by atoms with E-state index in [1.165, 1.54) is 0 Å². The number of nitrogens with two attached hydrogens (primary N) is 1. The fraction of sp³-hybridized carbons (Fsp3) is 0.636. The number of carbonyl (C=O) groups excluding carboxylic acids is 1. The van der Waals surface area contributed by atoms with Gasteiger partial charge in [-0.25, -0.2) is 0 Å². The van der Waals surface area contributed by atoms with Crippen LogP contribution in [-0.4, -0.2) is 48.0 Å². The van der Waals surface area contributed by atoms with Crippen LogP contribution in [0.5, 0.6) is 0 Å². The first-order valence-corrected chi connectivity index (χ1v) is 5.98. The molecule has 1 unspecified atom stereocenters. The normalized spacial score (nSPS) is 19.8. The van der Waals surface area contributed by atoms with Crippen LogP contribution in [0.15, 0.2) is 0 Å². The lowest BCUT2D eigenvalue weighted by molar-refractivity contribution is 0.0806. The largest absolute Gasteiger partial charge is 0.378 e. The summed E-state index contributed by atoms with van der Waals surface area (Å²) in [6.07, 6.45) is 0. The molecule has 1 saturated heterocycles. The van der Waals surface area contributed by atoms with Crippen LogP contribution in [0.2, 0.25) is 0 Å². The number of ether oxygens (including phenoxy) is 1. The predicted molar refractivity (Wildman–Crippen MR) is 67.6 cm³/mol. The second-order valence-electron chi connectivity index (χ2n) is 4.40. The summed E-state index contributed by atoms with van der Waals surface area (Å²) in [4.78, 5) is 11.4. The summed E-state index contributed by atoms with van der Waals surface area (Å²) >= 11 is 0. The summed E-state index contributed by atoms with van der Waals surface area (Å²) < 4.78 is 7.01. The molecule has 100 valence electrons. The fourth-order valence-electron chi connectivity index (χ4n) is 2.13. The third kappa shape index (κ3) is 2.62. The van der Waals surface area contributed by atoms with E-state index < -0.39 is 5.91 Å². The highest BCUT2D eigenvalue weighted by Crippen LogP contribution is 2.17. The molecule has 0 radical (unpaired) electrons. The molecule has 1 aromatic heterocycles. The number of aryl methyl sites for hydroxylation is 2. The molecule has 0 aliphatic carbocycles. The number of aromatic nitrogens is 2. The Morgan fingerprint density at radius 3 is 3.11 bits per heavy atom. The van der Waals surface area contributed by atoms with Gasteiger partial charge in [-0.05, 0) is 6.92 Å². The lowest BCUT2D eigenvalue weighted by Crippen LogP contribution is -2.45. The molecule has 1 fully saturated rings. The van der Waals surface area contributed by atoms with E-state index in [4.69, 9.17) is 10.5 Å². The highest BCUT2D eigenvalue weighted by molar-refractivity contribution is 5.98. The lowest BCUT2D eigenvalue weighted by Gasteiger charge is -2.24. The topological polar surface area (TPSA) is 94.2 Å². The minimum atomic E-state index is -0.462. The fourth-order valence-corrected chi connectivity index (χ4v) is 2.13. The number of morpholine rings is 1. The first-order chi connectivity index (χ1) is 8.59. The minimum absolute atomic E-state index is 0.231. The molecular formula is C11H19N5O2. The van der Waals surface area contributed by atoms with Gasteiger partial charge in [0.05, 0.1) is 18.9 Å². The van der Waals surface area contributed by atoms with Gasteiger partial charge in [0.1, 0.15) is 11.4 Å². The molecule has 2 rings (SSSR count). The van der Waals surface area contributed by atoms with Crippen molar-refractivity contribution < 1.29 is 9.53 Å².